The molecule has 0 N–H and O–H groups in total. The van der Waals surface area contributed by atoms with Gasteiger partial charge in [-0.15, -0.1) is 0 Å². The van der Waals surface area contributed by atoms with Crippen LogP contribution in [-0.2, 0) is 0 Å². The Morgan fingerprint density at radius 2 is 2.00 bits per heavy atom. The molecule has 0 heterocycles. The van der Waals surface area contributed by atoms with E-state index in [1.165, 1.54) is 31.3 Å². The fraction of sp³-hybridized carbons (Fsp3) is 0.692. The first-order chi connectivity index (χ1) is 6.20. The monoisotopic (exact) mass is 180 g/mol. The van der Waals surface area contributed by atoms with E-state index in [-0.39, 0.29) is 0 Å². The van der Waals surface area contributed by atoms with Gasteiger partial charge in [-0.25, -0.2) is 0 Å². The average Bonchev–Trinajstić information content (AvgIpc) is 2.12. The molecule has 13 heavy (non-hydrogen) atoms. The maximum atomic E-state index is 4.03. The lowest BCUT2D eigenvalue weighted by Gasteiger charge is -2.03. The second-order valence-corrected chi connectivity index (χ2v) is 3.92. The first-order valence-corrected chi connectivity index (χ1v) is 5.52. The highest BCUT2D eigenvalue weighted by Gasteiger charge is 1.93. The van der Waals surface area contributed by atoms with Gasteiger partial charge < -0.3 is 0 Å². The molecular formula is C13H24. The van der Waals surface area contributed by atoms with Crippen LogP contribution in [0.5, 0.6) is 0 Å². The van der Waals surface area contributed by atoms with Gasteiger partial charge in [-0.05, 0) is 25.2 Å². The molecule has 76 valence electrons. The largest absolute Gasteiger partial charge is 0.0995 e. The van der Waals surface area contributed by atoms with Gasteiger partial charge in [0, 0.05) is 0 Å². The second-order valence-electron chi connectivity index (χ2n) is 3.92. The van der Waals surface area contributed by atoms with Gasteiger partial charge in [-0.2, -0.15) is 0 Å². The summed E-state index contributed by atoms with van der Waals surface area (Å²) in [6.45, 7) is 10.8. The molecule has 0 aromatic rings. The SMILES string of the molecule is C=C(CC=CCC(C)CC)CCC. The van der Waals surface area contributed by atoms with Crippen LogP contribution in [0.1, 0.15) is 52.9 Å². The van der Waals surface area contributed by atoms with E-state index in [1.54, 1.807) is 0 Å². The molecule has 0 saturated carbocycles. The Morgan fingerprint density at radius 1 is 1.31 bits per heavy atom. The van der Waals surface area contributed by atoms with Crippen molar-refractivity contribution >= 4 is 0 Å². The van der Waals surface area contributed by atoms with Gasteiger partial charge in [0.05, 0.1) is 0 Å². The van der Waals surface area contributed by atoms with Gasteiger partial charge in [0.25, 0.3) is 0 Å². The van der Waals surface area contributed by atoms with E-state index in [1.807, 2.05) is 0 Å². The predicted molar refractivity (Wildman–Crippen MR) is 61.9 cm³/mol. The molecule has 0 aliphatic heterocycles. The van der Waals surface area contributed by atoms with Gasteiger partial charge in [0.1, 0.15) is 0 Å². The molecule has 0 aromatic heterocycles. The van der Waals surface area contributed by atoms with Crippen molar-refractivity contribution in [1.82, 2.24) is 0 Å². The number of allylic oxidation sites excluding steroid dienone is 3. The smallest absolute Gasteiger partial charge is 0.0142 e. The standard InChI is InChI=1S/C13H24/c1-5-9-13(4)11-8-7-10-12(3)6-2/h7-8,12H,4-6,9-11H2,1-3H3. The first kappa shape index (κ1) is 12.5. The third-order valence-electron chi connectivity index (χ3n) is 2.41. The van der Waals surface area contributed by atoms with Crippen LogP contribution in [0.25, 0.3) is 0 Å². The van der Waals surface area contributed by atoms with Crippen LogP contribution in [0.4, 0.5) is 0 Å². The summed E-state index contributed by atoms with van der Waals surface area (Å²) in [5, 5.41) is 0. The molecule has 1 unspecified atom stereocenters. The van der Waals surface area contributed by atoms with Crippen molar-refractivity contribution in [3.05, 3.63) is 24.3 Å². The van der Waals surface area contributed by atoms with Crippen LogP contribution in [0, 0.1) is 5.92 Å². The lowest BCUT2D eigenvalue weighted by atomic mass is 10.0. The Morgan fingerprint density at radius 3 is 2.54 bits per heavy atom. The summed E-state index contributed by atoms with van der Waals surface area (Å²) in [6.07, 6.45) is 10.5. The Bertz CT molecular complexity index is 153. The molecule has 0 aliphatic rings. The van der Waals surface area contributed by atoms with Crippen LogP contribution >= 0.6 is 0 Å². The highest BCUT2D eigenvalue weighted by molar-refractivity contribution is 5.01. The Balaban J connectivity index is 3.45. The van der Waals surface area contributed by atoms with Crippen LogP contribution < -0.4 is 0 Å². The summed E-state index contributed by atoms with van der Waals surface area (Å²) in [7, 11) is 0. The van der Waals surface area contributed by atoms with Gasteiger partial charge in [0.2, 0.25) is 0 Å². The van der Waals surface area contributed by atoms with Crippen molar-refractivity contribution in [2.75, 3.05) is 0 Å². The van der Waals surface area contributed by atoms with E-state index in [0.29, 0.717) is 0 Å². The lowest BCUT2D eigenvalue weighted by Crippen LogP contribution is -1.87. The summed E-state index contributed by atoms with van der Waals surface area (Å²) in [6, 6.07) is 0. The predicted octanol–water partition coefficient (Wildman–Crippen LogP) is 4.73. The second kappa shape index (κ2) is 8.10. The van der Waals surface area contributed by atoms with E-state index in [4.69, 9.17) is 0 Å². The maximum Gasteiger partial charge on any atom is -0.0142 e. The molecule has 0 saturated heterocycles. The molecule has 0 aliphatic carbocycles. The van der Waals surface area contributed by atoms with E-state index < -0.39 is 0 Å². The zero-order valence-corrected chi connectivity index (χ0v) is 9.47. The normalized spacial score (nSPS) is 13.5. The third kappa shape index (κ3) is 7.83. The molecule has 0 heteroatoms. The molecule has 0 aromatic carbocycles. The van der Waals surface area contributed by atoms with Crippen molar-refractivity contribution in [2.24, 2.45) is 5.92 Å². The van der Waals surface area contributed by atoms with Gasteiger partial charge in [-0.3, -0.25) is 0 Å². The molecular weight excluding hydrogens is 156 g/mol. The van der Waals surface area contributed by atoms with Gasteiger partial charge in [-0.1, -0.05) is 57.9 Å². The number of hydrogen-bond acceptors (Lipinski definition) is 0. The van der Waals surface area contributed by atoms with E-state index in [0.717, 1.165) is 12.3 Å². The Labute approximate surface area is 83.7 Å². The molecule has 0 bridgehead atoms. The minimum absolute atomic E-state index is 0.829. The molecule has 0 radical (unpaired) electrons. The van der Waals surface area contributed by atoms with Gasteiger partial charge >= 0.3 is 0 Å². The van der Waals surface area contributed by atoms with E-state index >= 15 is 0 Å². The fourth-order valence-electron chi connectivity index (χ4n) is 1.20. The zero-order valence-electron chi connectivity index (χ0n) is 9.47. The zero-order chi connectivity index (χ0) is 10.1. The lowest BCUT2D eigenvalue weighted by molar-refractivity contribution is 0.571. The molecule has 0 fully saturated rings. The van der Waals surface area contributed by atoms with Crippen LogP contribution in [0.3, 0.4) is 0 Å². The Hall–Kier alpha value is -0.520. The third-order valence-corrected chi connectivity index (χ3v) is 2.41. The molecule has 0 nitrogen and oxygen atoms in total. The van der Waals surface area contributed by atoms with E-state index in [9.17, 15) is 0 Å². The average molecular weight is 180 g/mol. The summed E-state index contributed by atoms with van der Waals surface area (Å²) < 4.78 is 0. The topological polar surface area (TPSA) is 0 Å². The molecule has 1 atom stereocenters. The van der Waals surface area contributed by atoms with E-state index in [2.05, 4.69) is 39.5 Å². The minimum atomic E-state index is 0.829. The fourth-order valence-corrected chi connectivity index (χ4v) is 1.20. The van der Waals surface area contributed by atoms with Crippen LogP contribution in [0.15, 0.2) is 24.3 Å². The highest BCUT2D eigenvalue weighted by atomic mass is 14.0. The highest BCUT2D eigenvalue weighted by Crippen LogP contribution is 2.10. The summed E-state index contributed by atoms with van der Waals surface area (Å²) in [5.41, 5.74) is 1.36. The summed E-state index contributed by atoms with van der Waals surface area (Å²) in [4.78, 5) is 0. The quantitative estimate of drug-likeness (QED) is 0.497. The summed E-state index contributed by atoms with van der Waals surface area (Å²) in [5.74, 6) is 0.829. The first-order valence-electron chi connectivity index (χ1n) is 5.52. The van der Waals surface area contributed by atoms with Crippen molar-refractivity contribution in [3.8, 4) is 0 Å². The minimum Gasteiger partial charge on any atom is -0.0995 e. The van der Waals surface area contributed by atoms with Gasteiger partial charge in [0.15, 0.2) is 0 Å². The molecule has 0 spiro atoms. The number of hydrogen-bond donors (Lipinski definition) is 0. The van der Waals surface area contributed by atoms with Crippen LogP contribution in [-0.4, -0.2) is 0 Å². The number of rotatable bonds is 7. The van der Waals surface area contributed by atoms with Crippen molar-refractivity contribution in [2.45, 2.75) is 52.9 Å². The molecule has 0 rings (SSSR count). The van der Waals surface area contributed by atoms with Crippen molar-refractivity contribution in [1.29, 1.82) is 0 Å². The maximum absolute atomic E-state index is 4.03. The van der Waals surface area contributed by atoms with Crippen molar-refractivity contribution in [3.63, 3.8) is 0 Å². The van der Waals surface area contributed by atoms with Crippen LogP contribution in [0.2, 0.25) is 0 Å². The van der Waals surface area contributed by atoms with Crippen molar-refractivity contribution < 1.29 is 0 Å². The molecule has 0 amide bonds. The Kier molecular flexibility index (Phi) is 7.77. The summed E-state index contributed by atoms with van der Waals surface area (Å²) >= 11 is 0.